The lowest BCUT2D eigenvalue weighted by atomic mass is 10.0. The molecule has 57 heavy (non-hydrogen) atoms. The van der Waals surface area contributed by atoms with Gasteiger partial charge in [-0.15, -0.1) is 0 Å². The third-order valence-electron chi connectivity index (χ3n) is 11.4. The Morgan fingerprint density at radius 3 is 0.754 bits per heavy atom. The first-order valence-corrected chi connectivity index (χ1v) is 25.1. The van der Waals surface area contributed by atoms with Gasteiger partial charge in [0.05, 0.1) is 0 Å². The molecule has 0 spiro atoms. The van der Waals surface area contributed by atoms with Gasteiger partial charge in [-0.3, -0.25) is 14.4 Å². The Morgan fingerprint density at radius 2 is 0.509 bits per heavy atom. The highest BCUT2D eigenvalue weighted by molar-refractivity contribution is 5.71. The van der Waals surface area contributed by atoms with E-state index in [1.54, 1.807) is 0 Å². The summed E-state index contributed by atoms with van der Waals surface area (Å²) in [5, 5.41) is 0. The van der Waals surface area contributed by atoms with Gasteiger partial charge in [0.1, 0.15) is 13.2 Å². The molecule has 0 aromatic rings. The summed E-state index contributed by atoms with van der Waals surface area (Å²) in [6.45, 7) is 13.6. The van der Waals surface area contributed by atoms with Gasteiger partial charge in [-0.25, -0.2) is 0 Å². The maximum Gasteiger partial charge on any atom is 0.306 e. The molecule has 338 valence electrons. The number of hydrogen-bond donors (Lipinski definition) is 0. The second-order valence-corrected chi connectivity index (χ2v) is 18.9. The topological polar surface area (TPSA) is 78.9 Å². The third-order valence-corrected chi connectivity index (χ3v) is 11.4. The van der Waals surface area contributed by atoms with Gasteiger partial charge in [-0.2, -0.15) is 0 Å². The fourth-order valence-corrected chi connectivity index (χ4v) is 7.59. The minimum Gasteiger partial charge on any atom is -0.462 e. The van der Waals surface area contributed by atoms with Crippen molar-refractivity contribution < 1.29 is 28.6 Å². The largest absolute Gasteiger partial charge is 0.462 e. The Kier molecular flexibility index (Phi) is 41.3. The van der Waals surface area contributed by atoms with Gasteiger partial charge in [-0.1, -0.05) is 234 Å². The first-order chi connectivity index (χ1) is 27.6. The standard InChI is InChI=1S/C51H98O6/c1-45(2)37-31-25-19-17-15-13-11-9-7-8-10-12-14-16-18-20-28-34-40-49(52)55-43-48(57-51(54)42-36-30-24-22-27-33-39-47(5)6)44-56-50(53)41-35-29-23-21-26-32-38-46(3)4/h45-48H,7-44H2,1-6H3/t48-/m1/s1. The van der Waals surface area contributed by atoms with Crippen LogP contribution in [-0.4, -0.2) is 37.2 Å². The summed E-state index contributed by atoms with van der Waals surface area (Å²) in [7, 11) is 0. The van der Waals surface area contributed by atoms with Crippen LogP contribution in [0.3, 0.4) is 0 Å². The van der Waals surface area contributed by atoms with Crippen molar-refractivity contribution in [1.82, 2.24) is 0 Å². The molecule has 0 aromatic heterocycles. The Labute approximate surface area is 355 Å². The molecule has 0 fully saturated rings. The quantitative estimate of drug-likeness (QED) is 0.0347. The molecule has 0 aliphatic carbocycles. The Morgan fingerprint density at radius 1 is 0.298 bits per heavy atom. The fraction of sp³-hybridized carbons (Fsp3) is 0.941. The predicted molar refractivity (Wildman–Crippen MR) is 243 cm³/mol. The average molecular weight is 807 g/mol. The van der Waals surface area contributed by atoms with Crippen molar-refractivity contribution in [3.05, 3.63) is 0 Å². The van der Waals surface area contributed by atoms with Crippen LogP contribution in [-0.2, 0) is 28.6 Å². The molecule has 0 bridgehead atoms. The highest BCUT2D eigenvalue weighted by Gasteiger charge is 2.19. The van der Waals surface area contributed by atoms with Crippen molar-refractivity contribution in [3.8, 4) is 0 Å². The molecule has 0 N–H and O–H groups in total. The van der Waals surface area contributed by atoms with Crippen LogP contribution < -0.4 is 0 Å². The van der Waals surface area contributed by atoms with Crippen LogP contribution in [0, 0.1) is 17.8 Å². The van der Waals surface area contributed by atoms with E-state index in [9.17, 15) is 14.4 Å². The molecule has 0 aliphatic rings. The molecular weight excluding hydrogens is 709 g/mol. The zero-order valence-corrected chi connectivity index (χ0v) is 39.1. The molecule has 0 amide bonds. The number of carbonyl (C=O) groups excluding carboxylic acids is 3. The van der Waals surface area contributed by atoms with E-state index < -0.39 is 6.10 Å². The van der Waals surface area contributed by atoms with Gasteiger partial charge in [0.15, 0.2) is 6.10 Å². The molecule has 6 nitrogen and oxygen atoms in total. The first-order valence-electron chi connectivity index (χ1n) is 25.1. The molecule has 0 unspecified atom stereocenters. The summed E-state index contributed by atoms with van der Waals surface area (Å²) in [5.74, 6) is 1.52. The molecule has 1 atom stereocenters. The highest BCUT2D eigenvalue weighted by Crippen LogP contribution is 2.17. The van der Waals surface area contributed by atoms with E-state index in [0.717, 1.165) is 75.5 Å². The summed E-state index contributed by atoms with van der Waals surface area (Å²) in [4.78, 5) is 37.7. The van der Waals surface area contributed by atoms with Crippen molar-refractivity contribution in [1.29, 1.82) is 0 Å². The van der Waals surface area contributed by atoms with E-state index in [2.05, 4.69) is 41.5 Å². The van der Waals surface area contributed by atoms with Gasteiger partial charge >= 0.3 is 17.9 Å². The fourth-order valence-electron chi connectivity index (χ4n) is 7.59. The molecular formula is C51H98O6. The van der Waals surface area contributed by atoms with E-state index >= 15 is 0 Å². The number of ether oxygens (including phenoxy) is 3. The molecule has 6 heteroatoms. The monoisotopic (exact) mass is 807 g/mol. The van der Waals surface area contributed by atoms with Gasteiger partial charge in [-0.05, 0) is 37.0 Å². The zero-order chi connectivity index (χ0) is 42.0. The maximum atomic E-state index is 12.7. The molecule has 0 saturated carbocycles. The lowest BCUT2D eigenvalue weighted by Gasteiger charge is -2.18. The minimum atomic E-state index is -0.762. The summed E-state index contributed by atoms with van der Waals surface area (Å²) in [6.07, 6.45) is 41.3. The highest BCUT2D eigenvalue weighted by atomic mass is 16.6. The number of carbonyl (C=O) groups is 3. The van der Waals surface area contributed by atoms with E-state index in [0.29, 0.717) is 19.3 Å². The lowest BCUT2D eigenvalue weighted by molar-refractivity contribution is -0.167. The first kappa shape index (κ1) is 55.4. The van der Waals surface area contributed by atoms with Crippen LogP contribution in [0.1, 0.15) is 273 Å². The molecule has 0 aromatic carbocycles. The van der Waals surface area contributed by atoms with Crippen molar-refractivity contribution in [2.24, 2.45) is 17.8 Å². The van der Waals surface area contributed by atoms with Crippen molar-refractivity contribution in [2.75, 3.05) is 13.2 Å². The summed E-state index contributed by atoms with van der Waals surface area (Å²) >= 11 is 0. The van der Waals surface area contributed by atoms with Crippen molar-refractivity contribution >= 4 is 17.9 Å². The van der Waals surface area contributed by atoms with E-state index in [1.807, 2.05) is 0 Å². The predicted octanol–water partition coefficient (Wildman–Crippen LogP) is 16.0. The van der Waals surface area contributed by atoms with Crippen LogP contribution >= 0.6 is 0 Å². The van der Waals surface area contributed by atoms with E-state index in [-0.39, 0.29) is 31.1 Å². The second-order valence-electron chi connectivity index (χ2n) is 18.9. The minimum absolute atomic E-state index is 0.0667. The molecule has 0 aliphatic heterocycles. The van der Waals surface area contributed by atoms with Crippen LogP contribution in [0.2, 0.25) is 0 Å². The SMILES string of the molecule is CC(C)CCCCCCCCCCCCCCCCCCCCC(=O)OC[C@H](COC(=O)CCCCCCCCC(C)C)OC(=O)CCCCCCCCC(C)C. The molecule has 0 rings (SSSR count). The molecule has 0 saturated heterocycles. The average Bonchev–Trinajstić information content (AvgIpc) is 3.16. The van der Waals surface area contributed by atoms with Crippen molar-refractivity contribution in [2.45, 2.75) is 279 Å². The summed E-state index contributed by atoms with van der Waals surface area (Å²) in [5.41, 5.74) is 0. The normalized spacial score (nSPS) is 12.2. The number of rotatable bonds is 44. The number of esters is 3. The maximum absolute atomic E-state index is 12.7. The van der Waals surface area contributed by atoms with Crippen LogP contribution in [0.5, 0.6) is 0 Å². The Balaban J connectivity index is 4.13. The lowest BCUT2D eigenvalue weighted by Crippen LogP contribution is -2.30. The van der Waals surface area contributed by atoms with Crippen molar-refractivity contribution in [3.63, 3.8) is 0 Å². The van der Waals surface area contributed by atoms with E-state index in [1.165, 1.54) is 154 Å². The molecule has 0 radical (unpaired) electrons. The van der Waals surface area contributed by atoms with Crippen LogP contribution in [0.4, 0.5) is 0 Å². The Bertz CT molecular complexity index is 883. The van der Waals surface area contributed by atoms with Gasteiger partial charge in [0, 0.05) is 19.3 Å². The molecule has 0 heterocycles. The number of unbranched alkanes of at least 4 members (excludes halogenated alkanes) is 27. The summed E-state index contributed by atoms with van der Waals surface area (Å²) < 4.78 is 16.7. The summed E-state index contributed by atoms with van der Waals surface area (Å²) in [6, 6.07) is 0. The van der Waals surface area contributed by atoms with Gasteiger partial charge in [0.25, 0.3) is 0 Å². The van der Waals surface area contributed by atoms with Crippen LogP contribution in [0.25, 0.3) is 0 Å². The Hall–Kier alpha value is -1.59. The van der Waals surface area contributed by atoms with Gasteiger partial charge in [0.2, 0.25) is 0 Å². The van der Waals surface area contributed by atoms with Crippen LogP contribution in [0.15, 0.2) is 0 Å². The van der Waals surface area contributed by atoms with E-state index in [4.69, 9.17) is 14.2 Å². The zero-order valence-electron chi connectivity index (χ0n) is 39.1. The number of hydrogen-bond acceptors (Lipinski definition) is 6. The smallest absolute Gasteiger partial charge is 0.306 e. The third kappa shape index (κ3) is 45.3. The second kappa shape index (κ2) is 42.5. The van der Waals surface area contributed by atoms with Gasteiger partial charge < -0.3 is 14.2 Å².